The average Bonchev–Trinajstić information content (AvgIpc) is 2.32. The summed E-state index contributed by atoms with van der Waals surface area (Å²) >= 11 is 0. The zero-order valence-electron chi connectivity index (χ0n) is 9.47. The topological polar surface area (TPSA) is 37.3 Å². The van der Waals surface area contributed by atoms with Gasteiger partial charge in [0.15, 0.2) is 0 Å². The minimum Gasteiger partial charge on any atom is -0.481 e. The van der Waals surface area contributed by atoms with Crippen molar-refractivity contribution < 1.29 is 9.90 Å². The summed E-state index contributed by atoms with van der Waals surface area (Å²) in [5.74, 6) is -0.787. The summed E-state index contributed by atoms with van der Waals surface area (Å²) in [7, 11) is 0. The van der Waals surface area contributed by atoms with Crippen molar-refractivity contribution in [1.29, 1.82) is 0 Å². The fourth-order valence-electron chi connectivity index (χ4n) is 1.88. The normalized spacial score (nSPS) is 10.1. The summed E-state index contributed by atoms with van der Waals surface area (Å²) < 4.78 is 0. The van der Waals surface area contributed by atoms with E-state index in [-0.39, 0.29) is 6.42 Å². The molecule has 0 amide bonds. The Hall–Kier alpha value is -2.09. The van der Waals surface area contributed by atoms with Gasteiger partial charge in [-0.15, -0.1) is 0 Å². The van der Waals surface area contributed by atoms with Crippen molar-refractivity contribution in [2.45, 2.75) is 12.8 Å². The Morgan fingerprint density at radius 2 is 1.47 bits per heavy atom. The first-order chi connectivity index (χ1) is 8.25. The molecule has 0 bridgehead atoms. The highest BCUT2D eigenvalue weighted by Crippen LogP contribution is 2.14. The molecule has 0 spiro atoms. The van der Waals surface area contributed by atoms with Crippen LogP contribution in [0.15, 0.2) is 54.6 Å². The largest absolute Gasteiger partial charge is 0.481 e. The molecule has 86 valence electrons. The molecule has 2 aromatic carbocycles. The highest BCUT2D eigenvalue weighted by atomic mass is 16.4. The van der Waals surface area contributed by atoms with Crippen LogP contribution >= 0.6 is 0 Å². The fourth-order valence-corrected chi connectivity index (χ4v) is 1.88. The molecule has 2 rings (SSSR count). The second-order valence-electron chi connectivity index (χ2n) is 4.00. The molecule has 0 saturated heterocycles. The quantitative estimate of drug-likeness (QED) is 0.870. The van der Waals surface area contributed by atoms with Gasteiger partial charge in [-0.2, -0.15) is 0 Å². The minimum atomic E-state index is -0.787. The summed E-state index contributed by atoms with van der Waals surface area (Å²) in [6.45, 7) is 0. The van der Waals surface area contributed by atoms with Gasteiger partial charge in [0.25, 0.3) is 0 Å². The molecule has 17 heavy (non-hydrogen) atoms. The van der Waals surface area contributed by atoms with E-state index >= 15 is 0 Å². The van der Waals surface area contributed by atoms with Crippen LogP contribution in [0, 0.1) is 0 Å². The van der Waals surface area contributed by atoms with E-state index in [4.69, 9.17) is 5.11 Å². The van der Waals surface area contributed by atoms with Gasteiger partial charge < -0.3 is 5.11 Å². The van der Waals surface area contributed by atoms with Crippen LogP contribution in [0.25, 0.3) is 0 Å². The van der Waals surface area contributed by atoms with Crippen LogP contribution in [-0.4, -0.2) is 11.1 Å². The molecule has 2 heteroatoms. The van der Waals surface area contributed by atoms with Crippen molar-refractivity contribution in [3.05, 3.63) is 71.3 Å². The molecule has 0 atom stereocenters. The van der Waals surface area contributed by atoms with Crippen molar-refractivity contribution in [3.63, 3.8) is 0 Å². The number of hydrogen-bond donors (Lipinski definition) is 1. The van der Waals surface area contributed by atoms with Crippen LogP contribution in [0.5, 0.6) is 0 Å². The van der Waals surface area contributed by atoms with E-state index in [0.29, 0.717) is 0 Å². The van der Waals surface area contributed by atoms with Gasteiger partial charge >= 0.3 is 5.97 Å². The standard InChI is InChI=1S/C15H14O2/c16-15(17)11-14-9-5-4-8-13(14)10-12-6-2-1-3-7-12/h1-9H,10-11H2,(H,16,17). The first kappa shape index (κ1) is 11.4. The first-order valence-electron chi connectivity index (χ1n) is 5.58. The molecule has 0 unspecified atom stereocenters. The number of aliphatic carboxylic acids is 1. The van der Waals surface area contributed by atoms with Gasteiger partial charge in [-0.25, -0.2) is 0 Å². The van der Waals surface area contributed by atoms with E-state index in [1.165, 1.54) is 5.56 Å². The van der Waals surface area contributed by atoms with Crippen molar-refractivity contribution >= 4 is 5.97 Å². The predicted octanol–water partition coefficient (Wildman–Crippen LogP) is 2.90. The lowest BCUT2D eigenvalue weighted by atomic mass is 9.98. The van der Waals surface area contributed by atoms with Crippen molar-refractivity contribution in [3.8, 4) is 0 Å². The monoisotopic (exact) mass is 226 g/mol. The van der Waals surface area contributed by atoms with Crippen molar-refractivity contribution in [2.24, 2.45) is 0 Å². The second-order valence-corrected chi connectivity index (χ2v) is 4.00. The maximum absolute atomic E-state index is 10.8. The molecule has 0 aliphatic rings. The maximum Gasteiger partial charge on any atom is 0.307 e. The van der Waals surface area contributed by atoms with Gasteiger partial charge in [0.2, 0.25) is 0 Å². The fraction of sp³-hybridized carbons (Fsp3) is 0.133. The van der Waals surface area contributed by atoms with Gasteiger partial charge in [0.05, 0.1) is 6.42 Å². The lowest BCUT2D eigenvalue weighted by Gasteiger charge is -2.07. The van der Waals surface area contributed by atoms with Gasteiger partial charge in [0.1, 0.15) is 0 Å². The Morgan fingerprint density at radius 3 is 2.12 bits per heavy atom. The number of carboxylic acid groups (broad SMARTS) is 1. The second kappa shape index (κ2) is 5.30. The van der Waals surface area contributed by atoms with E-state index in [1.54, 1.807) is 0 Å². The van der Waals surface area contributed by atoms with Gasteiger partial charge in [0, 0.05) is 0 Å². The summed E-state index contributed by atoms with van der Waals surface area (Å²) in [4.78, 5) is 10.8. The molecule has 0 radical (unpaired) electrons. The van der Waals surface area contributed by atoms with E-state index in [2.05, 4.69) is 12.1 Å². The van der Waals surface area contributed by atoms with Crippen LogP contribution in [-0.2, 0) is 17.6 Å². The Morgan fingerprint density at radius 1 is 0.882 bits per heavy atom. The molecule has 0 heterocycles. The summed E-state index contributed by atoms with van der Waals surface area (Å²) in [5, 5.41) is 8.86. The van der Waals surface area contributed by atoms with E-state index in [0.717, 1.165) is 17.5 Å². The molecular formula is C15H14O2. The van der Waals surface area contributed by atoms with Gasteiger partial charge in [-0.05, 0) is 23.1 Å². The average molecular weight is 226 g/mol. The van der Waals surface area contributed by atoms with E-state index in [1.807, 2.05) is 42.5 Å². The Balaban J connectivity index is 2.23. The molecule has 0 aliphatic carbocycles. The molecule has 0 saturated carbocycles. The SMILES string of the molecule is O=C(O)Cc1ccccc1Cc1ccccc1. The third-order valence-electron chi connectivity index (χ3n) is 2.70. The van der Waals surface area contributed by atoms with Crippen LogP contribution in [0.3, 0.4) is 0 Å². The summed E-state index contributed by atoms with van der Waals surface area (Å²) in [6, 6.07) is 17.8. The third kappa shape index (κ3) is 3.18. The molecule has 0 aliphatic heterocycles. The Kier molecular flexibility index (Phi) is 3.55. The van der Waals surface area contributed by atoms with Crippen molar-refractivity contribution in [1.82, 2.24) is 0 Å². The number of benzene rings is 2. The smallest absolute Gasteiger partial charge is 0.307 e. The third-order valence-corrected chi connectivity index (χ3v) is 2.70. The molecule has 0 fully saturated rings. The highest BCUT2D eigenvalue weighted by Gasteiger charge is 2.06. The Labute approximate surface area is 101 Å². The first-order valence-corrected chi connectivity index (χ1v) is 5.58. The summed E-state index contributed by atoms with van der Waals surface area (Å²) in [6.07, 6.45) is 0.868. The van der Waals surface area contributed by atoms with Crippen LogP contribution in [0.2, 0.25) is 0 Å². The zero-order chi connectivity index (χ0) is 12.1. The number of rotatable bonds is 4. The molecular weight excluding hydrogens is 212 g/mol. The van der Waals surface area contributed by atoms with E-state index in [9.17, 15) is 4.79 Å². The molecule has 2 nitrogen and oxygen atoms in total. The number of carboxylic acids is 1. The highest BCUT2D eigenvalue weighted by molar-refractivity contribution is 5.70. The lowest BCUT2D eigenvalue weighted by molar-refractivity contribution is -0.136. The molecule has 2 aromatic rings. The maximum atomic E-state index is 10.8. The van der Waals surface area contributed by atoms with Crippen LogP contribution < -0.4 is 0 Å². The summed E-state index contributed by atoms with van der Waals surface area (Å²) in [5.41, 5.74) is 3.18. The van der Waals surface area contributed by atoms with Crippen molar-refractivity contribution in [2.75, 3.05) is 0 Å². The number of hydrogen-bond acceptors (Lipinski definition) is 1. The van der Waals surface area contributed by atoms with Gasteiger partial charge in [-0.3, -0.25) is 4.79 Å². The molecule has 1 N–H and O–H groups in total. The van der Waals surface area contributed by atoms with Crippen LogP contribution in [0.1, 0.15) is 16.7 Å². The van der Waals surface area contributed by atoms with Gasteiger partial charge in [-0.1, -0.05) is 54.6 Å². The number of carbonyl (C=O) groups is 1. The Bertz CT molecular complexity index is 503. The van der Waals surface area contributed by atoms with E-state index < -0.39 is 5.97 Å². The zero-order valence-corrected chi connectivity index (χ0v) is 9.47. The lowest BCUT2D eigenvalue weighted by Crippen LogP contribution is -2.03. The molecule has 0 aromatic heterocycles. The minimum absolute atomic E-state index is 0.0863. The predicted molar refractivity (Wildman–Crippen MR) is 67.0 cm³/mol. The van der Waals surface area contributed by atoms with Crippen LogP contribution in [0.4, 0.5) is 0 Å².